The maximum Gasteiger partial charge on any atom is 0.305 e. The Bertz CT molecular complexity index is 509. The van der Waals surface area contributed by atoms with Gasteiger partial charge >= 0.3 is 5.97 Å². The van der Waals surface area contributed by atoms with Crippen LogP contribution in [0.1, 0.15) is 13.3 Å². The Balaban J connectivity index is 2.20. The molecule has 0 aliphatic carbocycles. The van der Waals surface area contributed by atoms with Gasteiger partial charge in [-0.15, -0.1) is 0 Å². The number of carboxylic acids is 1. The second kappa shape index (κ2) is 4.13. The lowest BCUT2D eigenvalue weighted by Gasteiger charge is -2.11. The molecule has 16 heavy (non-hydrogen) atoms. The van der Waals surface area contributed by atoms with Crippen LogP contribution in [0, 0.1) is 0 Å². The fourth-order valence-corrected chi connectivity index (χ4v) is 1.42. The zero-order chi connectivity index (χ0) is 11.5. The first-order valence-electron chi connectivity index (χ1n) is 4.79. The SMILES string of the molecule is CC(CC(=O)O)Nc1ncnc2nc[nH]c12. The monoisotopic (exact) mass is 221 g/mol. The van der Waals surface area contributed by atoms with E-state index in [1.54, 1.807) is 6.92 Å². The minimum absolute atomic E-state index is 0.0274. The molecular formula is C9H11N5O2. The summed E-state index contributed by atoms with van der Waals surface area (Å²) in [7, 11) is 0. The number of nitrogens with one attached hydrogen (secondary N) is 2. The largest absolute Gasteiger partial charge is 0.481 e. The average Bonchev–Trinajstić information content (AvgIpc) is 2.65. The summed E-state index contributed by atoms with van der Waals surface area (Å²) < 4.78 is 0. The van der Waals surface area contributed by atoms with Gasteiger partial charge in [0.1, 0.15) is 11.8 Å². The van der Waals surface area contributed by atoms with E-state index >= 15 is 0 Å². The molecule has 2 aromatic rings. The summed E-state index contributed by atoms with van der Waals surface area (Å²) in [6, 6.07) is -0.209. The Morgan fingerprint density at radius 1 is 1.56 bits per heavy atom. The second-order valence-electron chi connectivity index (χ2n) is 3.47. The number of H-pyrrole nitrogens is 1. The number of rotatable bonds is 4. The number of anilines is 1. The molecule has 7 heteroatoms. The Labute approximate surface area is 90.9 Å². The summed E-state index contributed by atoms with van der Waals surface area (Å²) in [5.74, 6) is -0.286. The number of aliphatic carboxylic acids is 1. The van der Waals surface area contributed by atoms with Crippen LogP contribution in [0.5, 0.6) is 0 Å². The third-order valence-corrected chi connectivity index (χ3v) is 2.09. The summed E-state index contributed by atoms with van der Waals surface area (Å²) in [6.45, 7) is 1.78. The maximum atomic E-state index is 10.5. The average molecular weight is 221 g/mol. The number of aromatic amines is 1. The van der Waals surface area contributed by atoms with Crippen molar-refractivity contribution in [1.29, 1.82) is 0 Å². The van der Waals surface area contributed by atoms with Gasteiger partial charge in [-0.25, -0.2) is 15.0 Å². The van der Waals surface area contributed by atoms with Crippen molar-refractivity contribution < 1.29 is 9.90 Å². The zero-order valence-electron chi connectivity index (χ0n) is 8.64. The van der Waals surface area contributed by atoms with Gasteiger partial charge in [0.15, 0.2) is 11.5 Å². The number of aromatic nitrogens is 4. The Hall–Kier alpha value is -2.18. The fourth-order valence-electron chi connectivity index (χ4n) is 1.42. The number of fused-ring (bicyclic) bond motifs is 1. The molecule has 0 aliphatic heterocycles. The molecular weight excluding hydrogens is 210 g/mol. The van der Waals surface area contributed by atoms with Crippen LogP contribution >= 0.6 is 0 Å². The number of hydrogen-bond acceptors (Lipinski definition) is 5. The molecule has 0 spiro atoms. The minimum atomic E-state index is -0.852. The van der Waals surface area contributed by atoms with Crippen LogP contribution in [0.15, 0.2) is 12.7 Å². The first-order chi connectivity index (χ1) is 7.66. The van der Waals surface area contributed by atoms with E-state index in [4.69, 9.17) is 5.11 Å². The molecule has 0 bridgehead atoms. The molecule has 0 amide bonds. The molecule has 0 radical (unpaired) electrons. The van der Waals surface area contributed by atoms with Gasteiger partial charge in [-0.1, -0.05) is 0 Å². The molecule has 0 fully saturated rings. The molecule has 0 saturated heterocycles. The van der Waals surface area contributed by atoms with Gasteiger partial charge in [0.2, 0.25) is 0 Å². The molecule has 0 saturated carbocycles. The van der Waals surface area contributed by atoms with Gasteiger partial charge in [0.05, 0.1) is 12.7 Å². The number of imidazole rings is 1. The van der Waals surface area contributed by atoms with E-state index in [-0.39, 0.29) is 12.5 Å². The lowest BCUT2D eigenvalue weighted by molar-refractivity contribution is -0.137. The summed E-state index contributed by atoms with van der Waals surface area (Å²) >= 11 is 0. The molecule has 1 unspecified atom stereocenters. The smallest absolute Gasteiger partial charge is 0.305 e. The van der Waals surface area contributed by atoms with Crippen molar-refractivity contribution in [3.05, 3.63) is 12.7 Å². The van der Waals surface area contributed by atoms with Gasteiger partial charge in [-0.05, 0) is 6.92 Å². The lowest BCUT2D eigenvalue weighted by Crippen LogP contribution is -2.20. The van der Waals surface area contributed by atoms with Crippen LogP contribution in [0.3, 0.4) is 0 Å². The topological polar surface area (TPSA) is 104 Å². The standard InChI is InChI=1S/C9H11N5O2/c1-5(2-6(15)16)14-9-7-8(11-3-10-7)12-4-13-9/h3-5H,2H2,1H3,(H,15,16)(H2,10,11,12,13,14). The minimum Gasteiger partial charge on any atom is -0.481 e. The first kappa shape index (κ1) is 10.3. The van der Waals surface area contributed by atoms with Crippen molar-refractivity contribution >= 4 is 23.0 Å². The number of nitrogens with zero attached hydrogens (tertiary/aromatic N) is 3. The van der Waals surface area contributed by atoms with E-state index in [0.717, 1.165) is 0 Å². The van der Waals surface area contributed by atoms with Crippen molar-refractivity contribution in [2.75, 3.05) is 5.32 Å². The number of hydrogen-bond donors (Lipinski definition) is 3. The zero-order valence-corrected chi connectivity index (χ0v) is 8.64. The van der Waals surface area contributed by atoms with Crippen molar-refractivity contribution in [2.24, 2.45) is 0 Å². The molecule has 0 aromatic carbocycles. The highest BCUT2D eigenvalue weighted by molar-refractivity contribution is 5.82. The Morgan fingerprint density at radius 3 is 3.12 bits per heavy atom. The Morgan fingerprint density at radius 2 is 2.38 bits per heavy atom. The first-order valence-corrected chi connectivity index (χ1v) is 4.79. The quantitative estimate of drug-likeness (QED) is 0.699. The Kier molecular flexibility index (Phi) is 2.67. The van der Waals surface area contributed by atoms with Crippen LogP contribution < -0.4 is 5.32 Å². The predicted octanol–water partition coefficient (Wildman–Crippen LogP) is 0.628. The highest BCUT2D eigenvalue weighted by Crippen LogP contribution is 2.15. The molecule has 84 valence electrons. The van der Waals surface area contributed by atoms with Crippen LogP contribution in [0.2, 0.25) is 0 Å². The van der Waals surface area contributed by atoms with E-state index in [1.165, 1.54) is 12.7 Å². The van der Waals surface area contributed by atoms with E-state index in [1.807, 2.05) is 0 Å². The van der Waals surface area contributed by atoms with Crippen LogP contribution in [0.4, 0.5) is 5.82 Å². The molecule has 2 aromatic heterocycles. The van der Waals surface area contributed by atoms with Gasteiger partial charge in [0.25, 0.3) is 0 Å². The molecule has 1 atom stereocenters. The third kappa shape index (κ3) is 2.08. The van der Waals surface area contributed by atoms with E-state index in [2.05, 4.69) is 25.3 Å². The molecule has 3 N–H and O–H groups in total. The number of carbonyl (C=O) groups is 1. The van der Waals surface area contributed by atoms with E-state index in [9.17, 15) is 4.79 Å². The molecule has 7 nitrogen and oxygen atoms in total. The molecule has 2 heterocycles. The summed E-state index contributed by atoms with van der Waals surface area (Å²) in [6.07, 6.45) is 2.94. The third-order valence-electron chi connectivity index (χ3n) is 2.09. The predicted molar refractivity (Wildman–Crippen MR) is 57.0 cm³/mol. The van der Waals surface area contributed by atoms with Gasteiger partial charge in [0, 0.05) is 6.04 Å². The fraction of sp³-hybridized carbons (Fsp3) is 0.333. The van der Waals surface area contributed by atoms with Gasteiger partial charge in [-0.2, -0.15) is 0 Å². The van der Waals surface area contributed by atoms with Crippen molar-refractivity contribution in [3.8, 4) is 0 Å². The maximum absolute atomic E-state index is 10.5. The highest BCUT2D eigenvalue weighted by atomic mass is 16.4. The van der Waals surface area contributed by atoms with E-state index in [0.29, 0.717) is 17.0 Å². The van der Waals surface area contributed by atoms with E-state index < -0.39 is 5.97 Å². The normalized spacial score (nSPS) is 12.6. The second-order valence-corrected chi connectivity index (χ2v) is 3.47. The van der Waals surface area contributed by atoms with Gasteiger partial charge in [-0.3, -0.25) is 4.79 Å². The molecule has 2 rings (SSSR count). The summed E-state index contributed by atoms with van der Waals surface area (Å²) in [4.78, 5) is 25.4. The van der Waals surface area contributed by atoms with Crippen LogP contribution in [0.25, 0.3) is 11.2 Å². The highest BCUT2D eigenvalue weighted by Gasteiger charge is 2.11. The van der Waals surface area contributed by atoms with Crippen molar-refractivity contribution in [3.63, 3.8) is 0 Å². The summed E-state index contributed by atoms with van der Waals surface area (Å²) in [5, 5.41) is 11.6. The number of carboxylic acid groups (broad SMARTS) is 1. The van der Waals surface area contributed by atoms with Crippen molar-refractivity contribution in [2.45, 2.75) is 19.4 Å². The van der Waals surface area contributed by atoms with Gasteiger partial charge < -0.3 is 15.4 Å². The van der Waals surface area contributed by atoms with Crippen LogP contribution in [-0.4, -0.2) is 37.1 Å². The van der Waals surface area contributed by atoms with Crippen molar-refractivity contribution in [1.82, 2.24) is 19.9 Å². The molecule has 0 aliphatic rings. The lowest BCUT2D eigenvalue weighted by atomic mass is 10.2. The summed E-state index contributed by atoms with van der Waals surface area (Å²) in [5.41, 5.74) is 1.24. The van der Waals surface area contributed by atoms with Crippen LogP contribution in [-0.2, 0) is 4.79 Å².